The largest absolute Gasteiger partial charge is 0.378 e. The van der Waals surface area contributed by atoms with Gasteiger partial charge in [0, 0.05) is 20.2 Å². The van der Waals surface area contributed by atoms with E-state index in [2.05, 4.69) is 30.6 Å². The summed E-state index contributed by atoms with van der Waals surface area (Å²) in [5.41, 5.74) is 1.50. The van der Waals surface area contributed by atoms with Crippen molar-refractivity contribution in [2.45, 2.75) is 12.1 Å². The van der Waals surface area contributed by atoms with Gasteiger partial charge in [-0.1, -0.05) is 0 Å². The Balaban J connectivity index is 1.87. The number of methoxy groups -OCH3 is 1. The minimum Gasteiger partial charge on any atom is -0.378 e. The van der Waals surface area contributed by atoms with Gasteiger partial charge in [0.05, 0.1) is 18.5 Å². The van der Waals surface area contributed by atoms with E-state index < -0.39 is 0 Å². The number of aromatic amines is 1. The number of nitrogens with zero attached hydrogens (tertiary/aromatic N) is 3. The van der Waals surface area contributed by atoms with Crippen LogP contribution in [0.25, 0.3) is 11.2 Å². The maximum atomic E-state index is 5.40. The number of rotatable bonds is 3. The zero-order valence-corrected chi connectivity index (χ0v) is 9.47. The zero-order valence-electron chi connectivity index (χ0n) is 9.47. The number of hydrogen-bond acceptors (Lipinski definition) is 6. The second-order valence-corrected chi connectivity index (χ2v) is 4.01. The predicted molar refractivity (Wildman–Crippen MR) is 62.8 cm³/mol. The van der Waals surface area contributed by atoms with Crippen LogP contribution in [0.2, 0.25) is 0 Å². The number of aromatic nitrogens is 4. The average Bonchev–Trinajstić information content (AvgIpc) is 2.97. The summed E-state index contributed by atoms with van der Waals surface area (Å²) in [4.78, 5) is 15.4. The number of ether oxygens (including phenoxy) is 1. The van der Waals surface area contributed by atoms with E-state index in [1.807, 2.05) is 0 Å². The molecule has 0 bridgehead atoms. The summed E-state index contributed by atoms with van der Waals surface area (Å²) in [6.07, 6.45) is 3.28. The minimum absolute atomic E-state index is 0.155. The minimum atomic E-state index is 0.155. The maximum absolute atomic E-state index is 5.40. The van der Waals surface area contributed by atoms with Crippen molar-refractivity contribution in [2.75, 3.05) is 25.5 Å². The molecule has 0 radical (unpaired) electrons. The van der Waals surface area contributed by atoms with Gasteiger partial charge in [0.2, 0.25) is 0 Å². The van der Waals surface area contributed by atoms with Crippen molar-refractivity contribution in [3.63, 3.8) is 0 Å². The molecule has 3 N–H and O–H groups in total. The van der Waals surface area contributed by atoms with Gasteiger partial charge in [-0.3, -0.25) is 0 Å². The van der Waals surface area contributed by atoms with Crippen LogP contribution in [0.1, 0.15) is 0 Å². The van der Waals surface area contributed by atoms with Gasteiger partial charge in [0.25, 0.3) is 0 Å². The van der Waals surface area contributed by atoms with Crippen molar-refractivity contribution in [3.05, 3.63) is 12.7 Å². The molecular weight excluding hydrogens is 220 g/mol. The number of anilines is 1. The molecule has 1 aliphatic rings. The SMILES string of the molecule is CO[C@@H]1CNCC1Nc1ncnc2nc[nH]c12. The number of hydrogen-bond donors (Lipinski definition) is 3. The predicted octanol–water partition coefficient (Wildman–Crippen LogP) is -0.248. The second kappa shape index (κ2) is 4.27. The number of imidazole rings is 1. The molecule has 2 aromatic rings. The van der Waals surface area contributed by atoms with E-state index >= 15 is 0 Å². The lowest BCUT2D eigenvalue weighted by atomic mass is 10.2. The van der Waals surface area contributed by atoms with E-state index in [4.69, 9.17) is 4.74 Å². The van der Waals surface area contributed by atoms with Gasteiger partial charge in [-0.15, -0.1) is 0 Å². The molecule has 0 spiro atoms. The van der Waals surface area contributed by atoms with Crippen molar-refractivity contribution in [3.8, 4) is 0 Å². The van der Waals surface area contributed by atoms with E-state index in [-0.39, 0.29) is 12.1 Å². The topological polar surface area (TPSA) is 87.8 Å². The third kappa shape index (κ3) is 1.83. The molecule has 1 fully saturated rings. The molecule has 17 heavy (non-hydrogen) atoms. The molecule has 0 amide bonds. The summed E-state index contributed by atoms with van der Waals surface area (Å²) in [6, 6.07) is 0.210. The fraction of sp³-hybridized carbons (Fsp3) is 0.500. The van der Waals surface area contributed by atoms with Crippen LogP contribution in [0.3, 0.4) is 0 Å². The standard InChI is InChI=1S/C10H14N6O/c1-17-7-3-11-2-6(7)16-10-8-9(13-4-12-8)14-5-15-10/h4-7,11H,2-3H2,1H3,(H2,12,13,14,15,16)/t6?,7-/m1/s1. The van der Waals surface area contributed by atoms with Crippen LogP contribution < -0.4 is 10.6 Å². The quantitative estimate of drug-likeness (QED) is 0.679. The van der Waals surface area contributed by atoms with E-state index in [9.17, 15) is 0 Å². The summed E-state index contributed by atoms with van der Waals surface area (Å²) in [6.45, 7) is 1.71. The molecular formula is C10H14N6O. The second-order valence-electron chi connectivity index (χ2n) is 4.01. The normalized spacial score (nSPS) is 24.3. The van der Waals surface area contributed by atoms with Crippen molar-refractivity contribution < 1.29 is 4.74 Å². The Kier molecular flexibility index (Phi) is 2.62. The van der Waals surface area contributed by atoms with Crippen molar-refractivity contribution in [2.24, 2.45) is 0 Å². The van der Waals surface area contributed by atoms with Gasteiger partial charge in [0.1, 0.15) is 11.8 Å². The molecule has 3 rings (SSSR count). The molecule has 7 heteroatoms. The first kappa shape index (κ1) is 10.4. The average molecular weight is 234 g/mol. The van der Waals surface area contributed by atoms with Gasteiger partial charge >= 0.3 is 0 Å². The van der Waals surface area contributed by atoms with Crippen molar-refractivity contribution >= 4 is 17.0 Å². The van der Waals surface area contributed by atoms with Crippen LogP contribution in [0, 0.1) is 0 Å². The van der Waals surface area contributed by atoms with Crippen LogP contribution in [-0.4, -0.2) is 52.3 Å². The van der Waals surface area contributed by atoms with Crippen LogP contribution in [-0.2, 0) is 4.74 Å². The first-order valence-electron chi connectivity index (χ1n) is 5.52. The molecule has 0 saturated carbocycles. The Labute approximate surface area is 98.0 Å². The Hall–Kier alpha value is -1.73. The Bertz CT molecular complexity index is 512. The highest BCUT2D eigenvalue weighted by Crippen LogP contribution is 2.17. The summed E-state index contributed by atoms with van der Waals surface area (Å²) < 4.78 is 5.40. The Morgan fingerprint density at radius 3 is 3.18 bits per heavy atom. The van der Waals surface area contributed by atoms with Gasteiger partial charge in [-0.25, -0.2) is 15.0 Å². The van der Waals surface area contributed by atoms with Gasteiger partial charge in [0.15, 0.2) is 11.5 Å². The van der Waals surface area contributed by atoms with E-state index in [0.717, 1.165) is 24.4 Å². The fourth-order valence-corrected chi connectivity index (χ4v) is 2.10. The van der Waals surface area contributed by atoms with Crippen LogP contribution >= 0.6 is 0 Å². The highest BCUT2D eigenvalue weighted by atomic mass is 16.5. The van der Waals surface area contributed by atoms with Gasteiger partial charge in [-0.05, 0) is 0 Å². The Morgan fingerprint density at radius 1 is 1.35 bits per heavy atom. The molecule has 3 heterocycles. The first-order chi connectivity index (χ1) is 8.38. The lowest BCUT2D eigenvalue weighted by Crippen LogP contribution is -2.33. The third-order valence-electron chi connectivity index (χ3n) is 3.01. The molecule has 2 aromatic heterocycles. The molecule has 90 valence electrons. The zero-order chi connectivity index (χ0) is 11.7. The lowest BCUT2D eigenvalue weighted by Gasteiger charge is -2.19. The van der Waals surface area contributed by atoms with Crippen molar-refractivity contribution in [1.82, 2.24) is 25.3 Å². The maximum Gasteiger partial charge on any atom is 0.182 e. The third-order valence-corrected chi connectivity index (χ3v) is 3.01. The van der Waals surface area contributed by atoms with E-state index in [1.165, 1.54) is 6.33 Å². The molecule has 1 saturated heterocycles. The lowest BCUT2D eigenvalue weighted by molar-refractivity contribution is 0.111. The molecule has 1 unspecified atom stereocenters. The summed E-state index contributed by atoms with van der Waals surface area (Å²) in [5.74, 6) is 0.767. The highest BCUT2D eigenvalue weighted by Gasteiger charge is 2.27. The number of H-pyrrole nitrogens is 1. The fourth-order valence-electron chi connectivity index (χ4n) is 2.10. The van der Waals surface area contributed by atoms with Crippen LogP contribution in [0.4, 0.5) is 5.82 Å². The van der Waals surface area contributed by atoms with E-state index in [0.29, 0.717) is 5.65 Å². The summed E-state index contributed by atoms with van der Waals surface area (Å²) in [5, 5.41) is 6.64. The molecule has 0 aliphatic carbocycles. The van der Waals surface area contributed by atoms with Gasteiger partial charge < -0.3 is 20.4 Å². The molecule has 7 nitrogen and oxygen atoms in total. The molecule has 2 atom stereocenters. The summed E-state index contributed by atoms with van der Waals surface area (Å²) in [7, 11) is 1.72. The van der Waals surface area contributed by atoms with Crippen LogP contribution in [0.15, 0.2) is 12.7 Å². The first-order valence-corrected chi connectivity index (χ1v) is 5.52. The van der Waals surface area contributed by atoms with E-state index in [1.54, 1.807) is 13.4 Å². The summed E-state index contributed by atoms with van der Waals surface area (Å²) >= 11 is 0. The number of fused-ring (bicyclic) bond motifs is 1. The monoisotopic (exact) mass is 234 g/mol. The Morgan fingerprint density at radius 2 is 2.29 bits per heavy atom. The van der Waals surface area contributed by atoms with Crippen molar-refractivity contribution in [1.29, 1.82) is 0 Å². The molecule has 0 aromatic carbocycles. The van der Waals surface area contributed by atoms with Gasteiger partial charge in [-0.2, -0.15) is 0 Å². The van der Waals surface area contributed by atoms with Crippen LogP contribution in [0.5, 0.6) is 0 Å². The molecule has 1 aliphatic heterocycles. The smallest absolute Gasteiger partial charge is 0.182 e. The number of nitrogens with one attached hydrogen (secondary N) is 3. The highest BCUT2D eigenvalue weighted by molar-refractivity contribution is 5.82.